The molecular formula is C12H14N2O8. The van der Waals surface area contributed by atoms with E-state index in [1.807, 2.05) is 0 Å². The van der Waals surface area contributed by atoms with Crippen LogP contribution in [0.25, 0.3) is 0 Å². The van der Waals surface area contributed by atoms with Crippen LogP contribution in [0.4, 0.5) is 0 Å². The minimum atomic E-state index is -1.37. The predicted molar refractivity (Wildman–Crippen MR) is 67.3 cm³/mol. The molecule has 120 valence electrons. The molecular weight excluding hydrogens is 300 g/mol. The maximum absolute atomic E-state index is 11.8. The largest absolute Gasteiger partial charge is 0.479 e. The number of H-pyrrole nitrogens is 1. The Hall–Kier alpha value is -2.01. The topological polar surface area (TPSA) is 151 Å². The molecule has 0 amide bonds. The summed E-state index contributed by atoms with van der Waals surface area (Å²) in [6.45, 7) is 0. The predicted octanol–water partition coefficient (Wildman–Crippen LogP) is -2.15. The number of aliphatic hydroxyl groups excluding tert-OH is 2. The number of aldehydes is 1. The lowest BCUT2D eigenvalue weighted by Gasteiger charge is -2.33. The molecule has 2 aliphatic rings. The number of aromatic amines is 1. The first-order valence-corrected chi connectivity index (χ1v) is 6.58. The number of aliphatic carboxylic acids is 1. The van der Waals surface area contributed by atoms with Gasteiger partial charge in [0.2, 0.25) is 0 Å². The van der Waals surface area contributed by atoms with Gasteiger partial charge in [0, 0.05) is 12.6 Å². The van der Waals surface area contributed by atoms with Gasteiger partial charge < -0.3 is 29.8 Å². The van der Waals surface area contributed by atoms with E-state index in [1.54, 1.807) is 0 Å². The van der Waals surface area contributed by atoms with E-state index in [4.69, 9.17) is 14.6 Å². The number of aromatic nitrogens is 2. The summed E-state index contributed by atoms with van der Waals surface area (Å²) in [5.41, 5.74) is -0.672. The van der Waals surface area contributed by atoms with E-state index in [0.29, 0.717) is 6.29 Å². The highest BCUT2D eigenvalue weighted by Gasteiger charge is 2.53. The third-order valence-electron chi connectivity index (χ3n) is 3.85. The van der Waals surface area contributed by atoms with Gasteiger partial charge in [0.05, 0.1) is 11.8 Å². The summed E-state index contributed by atoms with van der Waals surface area (Å²) in [6, 6.07) is 0. The first-order valence-electron chi connectivity index (χ1n) is 6.58. The summed E-state index contributed by atoms with van der Waals surface area (Å²) in [5, 5.41) is 29.2. The van der Waals surface area contributed by atoms with Gasteiger partial charge in [-0.3, -0.25) is 9.36 Å². The van der Waals surface area contributed by atoms with Crippen molar-refractivity contribution in [3.63, 3.8) is 0 Å². The van der Waals surface area contributed by atoms with E-state index < -0.39 is 48.4 Å². The number of carbonyl (C=O) groups excluding carboxylic acids is 1. The molecule has 0 aliphatic carbocycles. The van der Waals surface area contributed by atoms with Crippen molar-refractivity contribution >= 4 is 12.3 Å². The van der Waals surface area contributed by atoms with E-state index in [-0.39, 0.29) is 12.1 Å². The van der Waals surface area contributed by atoms with Gasteiger partial charge >= 0.3 is 11.7 Å². The highest BCUT2D eigenvalue weighted by molar-refractivity contribution is 5.72. The standard InChI is InChI=1S/C12H14N2O8/c15-3-4-2-14(12(20)13-4)10-7(17)9-8(22-10)5(16)1-6(21-9)11(18)19/h2-3,5-10,16-17H,1H2,(H,13,20)(H,18,19)/t5-,6+,7-,8-,9+,10-/m1/s1. The lowest BCUT2D eigenvalue weighted by atomic mass is 9.96. The van der Waals surface area contributed by atoms with Crippen molar-refractivity contribution in [1.29, 1.82) is 0 Å². The molecule has 4 N–H and O–H groups in total. The molecule has 1 aromatic rings. The van der Waals surface area contributed by atoms with Gasteiger partial charge in [0.25, 0.3) is 0 Å². The zero-order valence-electron chi connectivity index (χ0n) is 11.2. The summed E-state index contributed by atoms with van der Waals surface area (Å²) in [5.74, 6) is -1.25. The lowest BCUT2D eigenvalue weighted by molar-refractivity contribution is -0.187. The Morgan fingerprint density at radius 1 is 1.36 bits per heavy atom. The summed E-state index contributed by atoms with van der Waals surface area (Å²) >= 11 is 0. The maximum Gasteiger partial charge on any atom is 0.332 e. The summed E-state index contributed by atoms with van der Waals surface area (Å²) < 4.78 is 11.7. The first-order chi connectivity index (χ1) is 10.4. The van der Waals surface area contributed by atoms with E-state index in [1.165, 1.54) is 6.20 Å². The van der Waals surface area contributed by atoms with Gasteiger partial charge in [-0.2, -0.15) is 0 Å². The highest BCUT2D eigenvalue weighted by atomic mass is 16.6. The summed E-state index contributed by atoms with van der Waals surface area (Å²) in [4.78, 5) is 35.7. The van der Waals surface area contributed by atoms with Crippen LogP contribution in [0.2, 0.25) is 0 Å². The number of fused-ring (bicyclic) bond motifs is 1. The molecule has 0 spiro atoms. The molecule has 3 heterocycles. The van der Waals surface area contributed by atoms with Gasteiger partial charge in [0.1, 0.15) is 18.3 Å². The Balaban J connectivity index is 1.88. The monoisotopic (exact) mass is 314 g/mol. The molecule has 6 atom stereocenters. The zero-order chi connectivity index (χ0) is 16.0. The number of hydrogen-bond acceptors (Lipinski definition) is 7. The van der Waals surface area contributed by atoms with Crippen molar-refractivity contribution in [2.45, 2.75) is 43.2 Å². The molecule has 10 heteroatoms. The van der Waals surface area contributed by atoms with Crippen LogP contribution in [-0.4, -0.2) is 67.6 Å². The number of aliphatic hydroxyl groups is 2. The van der Waals surface area contributed by atoms with Crippen molar-refractivity contribution in [2.24, 2.45) is 0 Å². The van der Waals surface area contributed by atoms with Crippen LogP contribution in [0, 0.1) is 0 Å². The molecule has 0 radical (unpaired) electrons. The molecule has 2 aliphatic heterocycles. The Morgan fingerprint density at radius 3 is 2.68 bits per heavy atom. The molecule has 0 bridgehead atoms. The lowest BCUT2D eigenvalue weighted by Crippen LogP contribution is -2.51. The maximum atomic E-state index is 11.8. The fourth-order valence-electron chi connectivity index (χ4n) is 2.81. The summed E-state index contributed by atoms with van der Waals surface area (Å²) in [7, 11) is 0. The fourth-order valence-corrected chi connectivity index (χ4v) is 2.81. The van der Waals surface area contributed by atoms with Crippen molar-refractivity contribution < 1.29 is 34.4 Å². The number of hydrogen-bond donors (Lipinski definition) is 4. The number of carbonyl (C=O) groups is 2. The van der Waals surface area contributed by atoms with Crippen LogP contribution in [-0.2, 0) is 14.3 Å². The molecule has 0 unspecified atom stereocenters. The Bertz CT molecular complexity index is 652. The second-order valence-electron chi connectivity index (χ2n) is 5.25. The first kappa shape index (κ1) is 14.9. The van der Waals surface area contributed by atoms with Gasteiger partial charge in [-0.15, -0.1) is 0 Å². The minimum absolute atomic E-state index is 0.000510. The van der Waals surface area contributed by atoms with Gasteiger partial charge in [-0.1, -0.05) is 0 Å². The number of carboxylic acids is 1. The Labute approximate surface area is 122 Å². The van der Waals surface area contributed by atoms with E-state index in [9.17, 15) is 24.6 Å². The number of imidazole rings is 1. The molecule has 1 aromatic heterocycles. The van der Waals surface area contributed by atoms with Crippen LogP contribution in [0.5, 0.6) is 0 Å². The molecule has 0 saturated carbocycles. The second kappa shape index (κ2) is 5.32. The van der Waals surface area contributed by atoms with Crippen molar-refractivity contribution in [3.05, 3.63) is 22.4 Å². The van der Waals surface area contributed by atoms with Crippen LogP contribution in [0.1, 0.15) is 23.1 Å². The Kier molecular flexibility index (Phi) is 3.60. The molecule has 0 aromatic carbocycles. The molecule has 2 fully saturated rings. The average molecular weight is 314 g/mol. The van der Waals surface area contributed by atoms with Crippen LogP contribution < -0.4 is 5.69 Å². The third-order valence-corrected chi connectivity index (χ3v) is 3.85. The number of rotatable bonds is 3. The van der Waals surface area contributed by atoms with Crippen LogP contribution in [0.3, 0.4) is 0 Å². The SMILES string of the molecule is O=Cc1cn([C@@H]2O[C@H]3[C@@H](O[C@H](C(=O)O)C[C@H]3O)[C@H]2O)c(=O)[nH]1. The van der Waals surface area contributed by atoms with Crippen molar-refractivity contribution in [1.82, 2.24) is 9.55 Å². The zero-order valence-corrected chi connectivity index (χ0v) is 11.2. The van der Waals surface area contributed by atoms with Crippen molar-refractivity contribution in [3.8, 4) is 0 Å². The van der Waals surface area contributed by atoms with E-state index in [0.717, 1.165) is 4.57 Å². The normalized spacial score (nSPS) is 37.7. The van der Waals surface area contributed by atoms with Crippen molar-refractivity contribution in [2.75, 3.05) is 0 Å². The molecule has 2 saturated heterocycles. The van der Waals surface area contributed by atoms with Gasteiger partial charge in [-0.05, 0) is 0 Å². The number of nitrogens with one attached hydrogen (secondary N) is 1. The molecule has 3 rings (SSSR count). The second-order valence-corrected chi connectivity index (χ2v) is 5.25. The van der Waals surface area contributed by atoms with Crippen LogP contribution >= 0.6 is 0 Å². The van der Waals surface area contributed by atoms with E-state index >= 15 is 0 Å². The third kappa shape index (κ3) is 2.25. The van der Waals surface area contributed by atoms with Crippen LogP contribution in [0.15, 0.2) is 11.0 Å². The van der Waals surface area contributed by atoms with Gasteiger partial charge in [0.15, 0.2) is 18.6 Å². The van der Waals surface area contributed by atoms with Gasteiger partial charge in [-0.25, -0.2) is 9.59 Å². The van der Waals surface area contributed by atoms with E-state index in [2.05, 4.69) is 4.98 Å². The smallest absolute Gasteiger partial charge is 0.332 e. The number of carboxylic acid groups (broad SMARTS) is 1. The quantitative estimate of drug-likeness (QED) is 0.461. The highest BCUT2D eigenvalue weighted by Crippen LogP contribution is 2.37. The molecule has 22 heavy (non-hydrogen) atoms. The molecule has 10 nitrogen and oxygen atoms in total. The number of nitrogens with zero attached hydrogens (tertiary/aromatic N) is 1. The number of ether oxygens (including phenoxy) is 2. The fraction of sp³-hybridized carbons (Fsp3) is 0.583. The Morgan fingerprint density at radius 2 is 2.09 bits per heavy atom. The summed E-state index contributed by atoms with van der Waals surface area (Å²) in [6.07, 6.45) is -5.60. The minimum Gasteiger partial charge on any atom is -0.479 e. The average Bonchev–Trinajstić information content (AvgIpc) is 3.00.